The van der Waals surface area contributed by atoms with E-state index in [-0.39, 0.29) is 0 Å². The maximum atomic E-state index is 10.7. The van der Waals surface area contributed by atoms with Gasteiger partial charge in [0, 0.05) is 36.9 Å². The zero-order valence-corrected chi connectivity index (χ0v) is 15.5. The molecule has 0 radical (unpaired) electrons. The highest BCUT2D eigenvalue weighted by molar-refractivity contribution is 7.70. The minimum atomic E-state index is -2.50. The third-order valence-electron chi connectivity index (χ3n) is 5.15. The third kappa shape index (κ3) is 4.22. The van der Waals surface area contributed by atoms with Crippen LogP contribution in [0.15, 0.2) is 30.5 Å². The number of rotatable bonds is 6. The lowest BCUT2D eigenvalue weighted by molar-refractivity contribution is 0.293. The van der Waals surface area contributed by atoms with Crippen LogP contribution in [-0.4, -0.2) is 40.1 Å². The number of benzene rings is 1. The lowest BCUT2D eigenvalue weighted by atomic mass is 9.85. The molecule has 136 valence electrons. The van der Waals surface area contributed by atoms with Crippen molar-refractivity contribution in [2.75, 3.05) is 31.6 Å². The predicted octanol–water partition coefficient (Wildman–Crippen LogP) is 2.21. The van der Waals surface area contributed by atoms with Crippen molar-refractivity contribution in [3.05, 3.63) is 30.5 Å². The number of nitrogens with one attached hydrogen (secondary N) is 1. The standard InChI is InChI=1S/C18H25N3O3S/c1-13(12-20-25(22)23)14-6-9-21(10-7-14)18-5-8-19-17-4-3-15(24-2)11-16(17)18/h3-5,8,11,13-14,25H,6-7,9-10,12H2,1-2H3,(H,20,22,23). The Hall–Kier alpha value is -1.86. The summed E-state index contributed by atoms with van der Waals surface area (Å²) in [4.78, 5) is 6.85. The summed E-state index contributed by atoms with van der Waals surface area (Å²) < 4.78 is 29.3. The first kappa shape index (κ1) is 17.9. The molecule has 1 aliphatic rings. The average Bonchev–Trinajstić information content (AvgIpc) is 2.65. The van der Waals surface area contributed by atoms with Gasteiger partial charge in [-0.15, -0.1) is 0 Å². The summed E-state index contributed by atoms with van der Waals surface area (Å²) in [6.45, 7) is 4.58. The number of anilines is 1. The van der Waals surface area contributed by atoms with Crippen LogP contribution < -0.4 is 14.4 Å². The van der Waals surface area contributed by atoms with E-state index in [1.807, 2.05) is 24.4 Å². The molecule has 2 heterocycles. The molecule has 1 fully saturated rings. The molecule has 0 aliphatic carbocycles. The molecule has 3 rings (SSSR count). The van der Waals surface area contributed by atoms with Gasteiger partial charge in [-0.3, -0.25) is 4.98 Å². The molecule has 1 aliphatic heterocycles. The molecule has 1 aromatic heterocycles. The van der Waals surface area contributed by atoms with Crippen molar-refractivity contribution in [3.63, 3.8) is 0 Å². The summed E-state index contributed by atoms with van der Waals surface area (Å²) >= 11 is 0. The smallest absolute Gasteiger partial charge is 0.201 e. The Morgan fingerprint density at radius 3 is 2.76 bits per heavy atom. The number of piperidine rings is 1. The van der Waals surface area contributed by atoms with Gasteiger partial charge in [0.15, 0.2) is 0 Å². The minimum absolute atomic E-state index is 0.351. The van der Waals surface area contributed by atoms with E-state index in [2.05, 4.69) is 27.6 Å². The Balaban J connectivity index is 1.71. The van der Waals surface area contributed by atoms with Gasteiger partial charge in [-0.05, 0) is 48.9 Å². The van der Waals surface area contributed by atoms with Crippen molar-refractivity contribution in [2.24, 2.45) is 11.8 Å². The van der Waals surface area contributed by atoms with Gasteiger partial charge in [0.1, 0.15) is 5.75 Å². The normalized spacial score (nSPS) is 17.2. The van der Waals surface area contributed by atoms with Gasteiger partial charge >= 0.3 is 0 Å². The number of thiol groups is 1. The van der Waals surface area contributed by atoms with Crippen LogP contribution in [0.25, 0.3) is 10.9 Å². The summed E-state index contributed by atoms with van der Waals surface area (Å²) in [6, 6.07) is 8.03. The van der Waals surface area contributed by atoms with Crippen LogP contribution in [0.5, 0.6) is 5.75 Å². The van der Waals surface area contributed by atoms with Crippen LogP contribution in [0.4, 0.5) is 5.69 Å². The van der Waals surface area contributed by atoms with E-state index in [0.717, 1.165) is 42.6 Å². The fraction of sp³-hybridized carbons (Fsp3) is 0.500. The number of nitrogens with zero attached hydrogens (tertiary/aromatic N) is 2. The van der Waals surface area contributed by atoms with E-state index < -0.39 is 10.9 Å². The van der Waals surface area contributed by atoms with Crippen molar-refractivity contribution >= 4 is 27.5 Å². The molecule has 1 atom stereocenters. The average molecular weight is 363 g/mol. The van der Waals surface area contributed by atoms with Gasteiger partial charge in [0.2, 0.25) is 10.9 Å². The molecule has 7 heteroatoms. The maximum absolute atomic E-state index is 10.7. The van der Waals surface area contributed by atoms with E-state index in [9.17, 15) is 8.42 Å². The summed E-state index contributed by atoms with van der Waals surface area (Å²) in [5.74, 6) is 1.73. The second-order valence-electron chi connectivity index (χ2n) is 6.63. The number of hydrogen-bond donors (Lipinski definition) is 2. The van der Waals surface area contributed by atoms with E-state index in [1.165, 1.54) is 5.69 Å². The number of methoxy groups -OCH3 is 1. The molecule has 0 saturated carbocycles. The molecule has 6 nitrogen and oxygen atoms in total. The van der Waals surface area contributed by atoms with Crippen LogP contribution in [0, 0.1) is 11.8 Å². The minimum Gasteiger partial charge on any atom is -0.497 e. The fourth-order valence-electron chi connectivity index (χ4n) is 3.61. The zero-order valence-electron chi connectivity index (χ0n) is 14.6. The fourth-order valence-corrected chi connectivity index (χ4v) is 4.05. The number of ether oxygens (including phenoxy) is 1. The van der Waals surface area contributed by atoms with Crippen molar-refractivity contribution in [1.29, 1.82) is 0 Å². The van der Waals surface area contributed by atoms with Gasteiger partial charge < -0.3 is 9.64 Å². The van der Waals surface area contributed by atoms with Gasteiger partial charge in [-0.2, -0.15) is 0 Å². The van der Waals surface area contributed by atoms with Crippen LogP contribution in [0.3, 0.4) is 0 Å². The molecule has 1 saturated heterocycles. The van der Waals surface area contributed by atoms with E-state index in [1.54, 1.807) is 7.11 Å². The van der Waals surface area contributed by atoms with Gasteiger partial charge in [-0.1, -0.05) is 6.92 Å². The first-order valence-corrected chi connectivity index (χ1v) is 9.82. The van der Waals surface area contributed by atoms with E-state index >= 15 is 0 Å². The second-order valence-corrected chi connectivity index (χ2v) is 7.46. The van der Waals surface area contributed by atoms with Gasteiger partial charge in [-0.25, -0.2) is 13.1 Å². The molecular weight excluding hydrogens is 338 g/mol. The lowest BCUT2D eigenvalue weighted by Crippen LogP contribution is -2.37. The lowest BCUT2D eigenvalue weighted by Gasteiger charge is -2.36. The Morgan fingerprint density at radius 1 is 1.32 bits per heavy atom. The summed E-state index contributed by atoms with van der Waals surface area (Å²) in [5, 5.41) is 1.11. The van der Waals surface area contributed by atoms with Gasteiger partial charge in [0.25, 0.3) is 0 Å². The Kier molecular flexibility index (Phi) is 5.75. The molecule has 0 amide bonds. The SMILES string of the molecule is COc1ccc2nccc(N3CCC(C(C)CN[SH](=O)=O)CC3)c2c1. The molecule has 1 aromatic carbocycles. The van der Waals surface area contributed by atoms with Crippen LogP contribution in [0.2, 0.25) is 0 Å². The van der Waals surface area contributed by atoms with E-state index in [0.29, 0.717) is 18.4 Å². The molecule has 1 unspecified atom stereocenters. The maximum Gasteiger partial charge on any atom is 0.201 e. The highest BCUT2D eigenvalue weighted by Gasteiger charge is 2.25. The highest BCUT2D eigenvalue weighted by Crippen LogP contribution is 2.33. The number of pyridine rings is 1. The molecule has 0 spiro atoms. The van der Waals surface area contributed by atoms with Crippen LogP contribution >= 0.6 is 0 Å². The Labute approximate surface area is 150 Å². The number of aromatic nitrogens is 1. The number of fused-ring (bicyclic) bond motifs is 1. The highest BCUT2D eigenvalue weighted by atomic mass is 32.2. The first-order chi connectivity index (χ1) is 12.1. The Morgan fingerprint density at radius 2 is 2.08 bits per heavy atom. The quantitative estimate of drug-likeness (QED) is 0.770. The monoisotopic (exact) mass is 363 g/mol. The Bertz CT molecular complexity index is 793. The topological polar surface area (TPSA) is 71.5 Å². The van der Waals surface area contributed by atoms with Crippen LogP contribution in [0.1, 0.15) is 19.8 Å². The summed E-state index contributed by atoms with van der Waals surface area (Å²) in [7, 11) is -0.829. The zero-order chi connectivity index (χ0) is 17.8. The molecule has 1 N–H and O–H groups in total. The molecule has 2 aromatic rings. The first-order valence-electron chi connectivity index (χ1n) is 8.64. The number of hydrogen-bond acceptors (Lipinski definition) is 5. The van der Waals surface area contributed by atoms with Crippen molar-refractivity contribution in [2.45, 2.75) is 19.8 Å². The van der Waals surface area contributed by atoms with Crippen molar-refractivity contribution < 1.29 is 13.2 Å². The molecule has 25 heavy (non-hydrogen) atoms. The van der Waals surface area contributed by atoms with Gasteiger partial charge in [0.05, 0.1) is 12.6 Å². The van der Waals surface area contributed by atoms with E-state index in [4.69, 9.17) is 4.74 Å². The molecular formula is C18H25N3O3S. The summed E-state index contributed by atoms with van der Waals surface area (Å²) in [6.07, 6.45) is 3.98. The predicted molar refractivity (Wildman–Crippen MR) is 101 cm³/mol. The summed E-state index contributed by atoms with van der Waals surface area (Å²) in [5.41, 5.74) is 2.16. The van der Waals surface area contributed by atoms with Crippen molar-refractivity contribution in [1.82, 2.24) is 9.71 Å². The third-order valence-corrected chi connectivity index (χ3v) is 5.59. The molecule has 0 bridgehead atoms. The largest absolute Gasteiger partial charge is 0.497 e. The van der Waals surface area contributed by atoms with Crippen LogP contribution in [-0.2, 0) is 10.9 Å². The second kappa shape index (κ2) is 8.01. The van der Waals surface area contributed by atoms with Crippen molar-refractivity contribution in [3.8, 4) is 5.75 Å².